The first-order chi connectivity index (χ1) is 9.52. The minimum Gasteiger partial charge on any atom is -0.504 e. The maximum absolute atomic E-state index is 9.60. The van der Waals surface area contributed by atoms with Crippen LogP contribution in [-0.2, 0) is 6.54 Å². The van der Waals surface area contributed by atoms with Gasteiger partial charge in [-0.3, -0.25) is 0 Å². The van der Waals surface area contributed by atoms with Gasteiger partial charge in [0.05, 0.1) is 5.69 Å². The number of aromatic nitrogens is 1. The van der Waals surface area contributed by atoms with Gasteiger partial charge in [0, 0.05) is 17.0 Å². The third-order valence-electron chi connectivity index (χ3n) is 3.03. The van der Waals surface area contributed by atoms with Crippen LogP contribution >= 0.6 is 11.3 Å². The summed E-state index contributed by atoms with van der Waals surface area (Å²) in [4.78, 5) is 5.92. The largest absolute Gasteiger partial charge is 0.504 e. The fourth-order valence-electron chi connectivity index (χ4n) is 1.96. The van der Waals surface area contributed by atoms with Crippen molar-refractivity contribution in [1.29, 1.82) is 0 Å². The first kappa shape index (κ1) is 14.8. The summed E-state index contributed by atoms with van der Waals surface area (Å²) in [5.74, 6) is 0.138. The van der Waals surface area contributed by atoms with E-state index in [1.165, 1.54) is 10.9 Å². The van der Waals surface area contributed by atoms with Crippen LogP contribution in [0.2, 0.25) is 0 Å². The van der Waals surface area contributed by atoms with E-state index in [1.54, 1.807) is 23.5 Å². The van der Waals surface area contributed by atoms with Crippen LogP contribution in [0.5, 0.6) is 11.5 Å². The Morgan fingerprint density at radius 3 is 2.60 bits per heavy atom. The first-order valence-electron chi connectivity index (χ1n) is 6.75. The van der Waals surface area contributed by atoms with Gasteiger partial charge in [0.15, 0.2) is 11.5 Å². The number of hydrogen-bond acceptors (Lipinski definition) is 5. The molecule has 3 N–H and O–H groups in total. The van der Waals surface area contributed by atoms with E-state index in [0.717, 1.165) is 29.4 Å². The number of hydrogen-bond donors (Lipinski definition) is 3. The van der Waals surface area contributed by atoms with Crippen molar-refractivity contribution in [3.63, 3.8) is 0 Å². The second kappa shape index (κ2) is 6.24. The number of rotatable bonds is 5. The molecule has 1 heterocycles. The highest BCUT2D eigenvalue weighted by Gasteiger charge is 2.15. The third-order valence-corrected chi connectivity index (χ3v) is 4.15. The number of phenolic OH excluding ortho intramolecular Hbond substituents is 2. The summed E-state index contributed by atoms with van der Waals surface area (Å²) in [6.45, 7) is 8.07. The van der Waals surface area contributed by atoms with Crippen molar-refractivity contribution in [3.05, 3.63) is 28.8 Å². The zero-order valence-electron chi connectivity index (χ0n) is 12.0. The van der Waals surface area contributed by atoms with Crippen LogP contribution in [-0.4, -0.2) is 21.7 Å². The number of aromatic hydroxyl groups is 2. The van der Waals surface area contributed by atoms with E-state index in [4.69, 9.17) is 0 Å². The van der Waals surface area contributed by atoms with E-state index in [1.807, 2.05) is 0 Å². The van der Waals surface area contributed by atoms with Crippen LogP contribution in [0.25, 0.3) is 10.6 Å². The van der Waals surface area contributed by atoms with Crippen molar-refractivity contribution in [2.24, 2.45) is 0 Å². The Kier molecular flexibility index (Phi) is 4.62. The Morgan fingerprint density at radius 2 is 2.00 bits per heavy atom. The normalized spacial score (nSPS) is 11.2. The highest BCUT2D eigenvalue weighted by Crippen LogP contribution is 2.35. The third kappa shape index (κ3) is 3.11. The molecule has 0 saturated carbocycles. The topological polar surface area (TPSA) is 65.4 Å². The average molecular weight is 292 g/mol. The molecule has 2 rings (SSSR count). The number of nitrogens with zero attached hydrogens (tertiary/aromatic N) is 1. The molecule has 108 valence electrons. The Morgan fingerprint density at radius 1 is 1.25 bits per heavy atom. The van der Waals surface area contributed by atoms with Crippen molar-refractivity contribution in [1.82, 2.24) is 10.3 Å². The molecule has 1 aromatic heterocycles. The second-order valence-corrected chi connectivity index (χ2v) is 6.05. The molecular weight excluding hydrogens is 272 g/mol. The van der Waals surface area contributed by atoms with E-state index in [2.05, 4.69) is 31.1 Å². The van der Waals surface area contributed by atoms with Gasteiger partial charge in [-0.1, -0.05) is 20.8 Å². The molecule has 20 heavy (non-hydrogen) atoms. The SMILES string of the molecule is CCNCc1sc(-c2ccc(O)c(O)c2)nc1C(C)C. The second-order valence-electron chi connectivity index (χ2n) is 4.97. The van der Waals surface area contributed by atoms with Crippen LogP contribution < -0.4 is 5.32 Å². The van der Waals surface area contributed by atoms with E-state index in [9.17, 15) is 10.2 Å². The molecule has 0 amide bonds. The molecule has 0 spiro atoms. The summed E-state index contributed by atoms with van der Waals surface area (Å²) in [6, 6.07) is 4.81. The van der Waals surface area contributed by atoms with Gasteiger partial charge >= 0.3 is 0 Å². The molecule has 0 radical (unpaired) electrons. The Balaban J connectivity index is 2.38. The van der Waals surface area contributed by atoms with Gasteiger partial charge in [-0.25, -0.2) is 4.98 Å². The van der Waals surface area contributed by atoms with Crippen molar-refractivity contribution in [2.45, 2.75) is 33.2 Å². The van der Waals surface area contributed by atoms with E-state index in [-0.39, 0.29) is 11.5 Å². The Labute approximate surface area is 123 Å². The maximum Gasteiger partial charge on any atom is 0.158 e. The van der Waals surface area contributed by atoms with E-state index >= 15 is 0 Å². The summed E-state index contributed by atoms with van der Waals surface area (Å²) < 4.78 is 0. The highest BCUT2D eigenvalue weighted by atomic mass is 32.1. The smallest absolute Gasteiger partial charge is 0.158 e. The predicted octanol–water partition coefficient (Wildman–Crippen LogP) is 3.45. The van der Waals surface area contributed by atoms with Crippen molar-refractivity contribution < 1.29 is 10.2 Å². The van der Waals surface area contributed by atoms with Crippen LogP contribution in [0.4, 0.5) is 0 Å². The summed E-state index contributed by atoms with van der Waals surface area (Å²) in [6.07, 6.45) is 0. The van der Waals surface area contributed by atoms with E-state index < -0.39 is 0 Å². The van der Waals surface area contributed by atoms with E-state index in [0.29, 0.717) is 5.92 Å². The monoisotopic (exact) mass is 292 g/mol. The van der Waals surface area contributed by atoms with Gasteiger partial charge in [0.25, 0.3) is 0 Å². The van der Waals surface area contributed by atoms with Crippen LogP contribution in [0.1, 0.15) is 37.3 Å². The van der Waals surface area contributed by atoms with Gasteiger partial charge in [-0.2, -0.15) is 0 Å². The lowest BCUT2D eigenvalue weighted by molar-refractivity contribution is 0.404. The van der Waals surface area contributed by atoms with Gasteiger partial charge in [0.1, 0.15) is 5.01 Å². The van der Waals surface area contributed by atoms with Gasteiger partial charge in [-0.05, 0) is 30.7 Å². The van der Waals surface area contributed by atoms with Gasteiger partial charge in [0.2, 0.25) is 0 Å². The lowest BCUT2D eigenvalue weighted by Crippen LogP contribution is -2.12. The molecule has 0 unspecified atom stereocenters. The minimum absolute atomic E-state index is 0.109. The number of benzene rings is 1. The predicted molar refractivity (Wildman–Crippen MR) is 82.3 cm³/mol. The molecule has 0 fully saturated rings. The van der Waals surface area contributed by atoms with Gasteiger partial charge < -0.3 is 15.5 Å². The summed E-state index contributed by atoms with van der Waals surface area (Å²) in [7, 11) is 0. The summed E-state index contributed by atoms with van der Waals surface area (Å²) >= 11 is 1.63. The Bertz CT molecular complexity index is 594. The van der Waals surface area contributed by atoms with Crippen molar-refractivity contribution in [2.75, 3.05) is 6.54 Å². The van der Waals surface area contributed by atoms with Crippen molar-refractivity contribution in [3.8, 4) is 22.1 Å². The van der Waals surface area contributed by atoms with Crippen molar-refractivity contribution >= 4 is 11.3 Å². The lowest BCUT2D eigenvalue weighted by Gasteiger charge is -2.04. The molecule has 4 nitrogen and oxygen atoms in total. The lowest BCUT2D eigenvalue weighted by atomic mass is 10.1. The van der Waals surface area contributed by atoms with Gasteiger partial charge in [-0.15, -0.1) is 11.3 Å². The highest BCUT2D eigenvalue weighted by molar-refractivity contribution is 7.15. The molecule has 5 heteroatoms. The first-order valence-corrected chi connectivity index (χ1v) is 7.57. The number of nitrogens with one attached hydrogen (secondary N) is 1. The molecule has 0 aliphatic carbocycles. The maximum atomic E-state index is 9.60. The molecule has 0 saturated heterocycles. The number of thiazole rings is 1. The quantitative estimate of drug-likeness (QED) is 0.738. The minimum atomic E-state index is -0.114. The molecule has 0 aliphatic heterocycles. The number of phenols is 2. The zero-order chi connectivity index (χ0) is 14.7. The molecule has 0 aliphatic rings. The molecular formula is C15H20N2O2S. The van der Waals surface area contributed by atoms with Crippen LogP contribution in [0.3, 0.4) is 0 Å². The fraction of sp³-hybridized carbons (Fsp3) is 0.400. The molecule has 0 bridgehead atoms. The Hall–Kier alpha value is -1.59. The summed E-state index contributed by atoms with van der Waals surface area (Å²) in [5.41, 5.74) is 1.92. The summed E-state index contributed by atoms with van der Waals surface area (Å²) in [5, 5.41) is 23.2. The molecule has 1 aromatic carbocycles. The van der Waals surface area contributed by atoms with Crippen LogP contribution in [0.15, 0.2) is 18.2 Å². The standard InChI is InChI=1S/C15H20N2O2S/c1-4-16-8-13-14(9(2)3)17-15(20-13)10-5-6-11(18)12(19)7-10/h5-7,9,16,18-19H,4,8H2,1-3H3. The van der Waals surface area contributed by atoms with Crippen LogP contribution in [0, 0.1) is 0 Å². The molecule has 0 atom stereocenters. The zero-order valence-corrected chi connectivity index (χ0v) is 12.8. The fourth-order valence-corrected chi connectivity index (χ4v) is 3.14. The average Bonchev–Trinajstić information content (AvgIpc) is 2.84. The molecule has 2 aromatic rings.